The largest absolute Gasteiger partial charge is 0.380 e. The first-order valence-electron chi connectivity index (χ1n) is 7.77. The van der Waals surface area contributed by atoms with Gasteiger partial charge in [-0.25, -0.2) is 13.1 Å². The summed E-state index contributed by atoms with van der Waals surface area (Å²) in [4.78, 5) is 18.6. The maximum Gasteiger partial charge on any atom is 0.272 e. The molecule has 0 radical (unpaired) electrons. The number of rotatable bonds is 3. The average molecular weight is 362 g/mol. The maximum atomic E-state index is 12.7. The highest BCUT2D eigenvalue weighted by Gasteiger charge is 2.21. The van der Waals surface area contributed by atoms with Crippen molar-refractivity contribution in [1.82, 2.24) is 19.7 Å². The Bertz CT molecular complexity index is 950. The van der Waals surface area contributed by atoms with Crippen LogP contribution in [0.5, 0.6) is 0 Å². The molecule has 0 spiro atoms. The van der Waals surface area contributed by atoms with E-state index >= 15 is 0 Å². The van der Waals surface area contributed by atoms with Crippen molar-refractivity contribution in [1.29, 1.82) is 0 Å². The third kappa shape index (κ3) is 3.81. The van der Waals surface area contributed by atoms with Gasteiger partial charge in [0.25, 0.3) is 5.91 Å². The second-order valence-corrected chi connectivity index (χ2v) is 8.00. The second-order valence-electron chi connectivity index (χ2n) is 5.89. The smallest absolute Gasteiger partial charge is 0.272 e. The van der Waals surface area contributed by atoms with E-state index in [2.05, 4.69) is 16.0 Å². The highest BCUT2D eigenvalue weighted by Crippen LogP contribution is 2.20. The minimum absolute atomic E-state index is 0.221. The minimum Gasteiger partial charge on any atom is -0.380 e. The number of hydrogen-bond donors (Lipinski definition) is 0. The Hall–Kier alpha value is -2.44. The molecule has 1 amide bonds. The van der Waals surface area contributed by atoms with Gasteiger partial charge in [-0.1, -0.05) is 0 Å². The summed E-state index contributed by atoms with van der Waals surface area (Å²) >= 11 is 0. The van der Waals surface area contributed by atoms with Gasteiger partial charge < -0.3 is 9.64 Å². The molecule has 8 nitrogen and oxygen atoms in total. The number of ether oxygens (including phenoxy) is 1. The van der Waals surface area contributed by atoms with Gasteiger partial charge in [0.05, 0.1) is 17.5 Å². The van der Waals surface area contributed by atoms with Crippen molar-refractivity contribution < 1.29 is 17.9 Å². The van der Waals surface area contributed by atoms with Crippen molar-refractivity contribution in [2.75, 3.05) is 32.6 Å². The topological polar surface area (TPSA) is 94.4 Å². The summed E-state index contributed by atoms with van der Waals surface area (Å²) in [5, 5.41) is 4.68. The van der Waals surface area contributed by atoms with Crippen LogP contribution in [-0.2, 0) is 20.5 Å². The molecule has 1 fully saturated rings. The molecular weight excluding hydrogens is 344 g/mol. The van der Waals surface area contributed by atoms with Crippen LogP contribution in [0.3, 0.4) is 0 Å². The molecule has 132 valence electrons. The molecule has 0 saturated carbocycles. The molecule has 3 rings (SSSR count). The summed E-state index contributed by atoms with van der Waals surface area (Å²) in [5.74, 6) is 1.88. The van der Waals surface area contributed by atoms with E-state index in [-0.39, 0.29) is 17.5 Å². The third-order valence-corrected chi connectivity index (χ3v) is 4.57. The number of fused-ring (bicyclic) bond motifs is 1. The van der Waals surface area contributed by atoms with Crippen LogP contribution in [0, 0.1) is 12.3 Å². The molecule has 9 heteroatoms. The molecule has 2 aromatic heterocycles. The van der Waals surface area contributed by atoms with Gasteiger partial charge in [0.2, 0.25) is 0 Å². The monoisotopic (exact) mass is 362 g/mol. The molecular formula is C16H18N4O4S. The Morgan fingerprint density at radius 3 is 2.92 bits per heavy atom. The van der Waals surface area contributed by atoms with Crippen LogP contribution < -0.4 is 0 Å². The van der Waals surface area contributed by atoms with E-state index in [1.165, 1.54) is 10.9 Å². The van der Waals surface area contributed by atoms with E-state index in [9.17, 15) is 13.2 Å². The normalized spacial score (nSPS) is 15.8. The lowest BCUT2D eigenvalue weighted by Crippen LogP contribution is -2.33. The van der Waals surface area contributed by atoms with Crippen molar-refractivity contribution in [3.05, 3.63) is 23.7 Å². The zero-order valence-corrected chi connectivity index (χ0v) is 14.6. The lowest BCUT2D eigenvalue weighted by Gasteiger charge is -2.19. The molecule has 0 N–H and O–H groups in total. The minimum atomic E-state index is -3.32. The van der Waals surface area contributed by atoms with Crippen molar-refractivity contribution >= 4 is 26.6 Å². The predicted octanol–water partition coefficient (Wildman–Crippen LogP) is 0.277. The predicted molar refractivity (Wildman–Crippen MR) is 91.6 cm³/mol. The Morgan fingerprint density at radius 1 is 1.40 bits per heavy atom. The Morgan fingerprint density at radius 2 is 2.20 bits per heavy atom. The lowest BCUT2D eigenvalue weighted by atomic mass is 10.2. The van der Waals surface area contributed by atoms with Crippen LogP contribution in [0.25, 0.3) is 10.9 Å². The van der Waals surface area contributed by atoms with Crippen LogP contribution in [0.15, 0.2) is 12.3 Å². The zero-order chi connectivity index (χ0) is 18.0. The number of hydrogen-bond acceptors (Lipinski definition) is 6. The summed E-state index contributed by atoms with van der Waals surface area (Å²) in [6.45, 7) is 2.21. The number of carbonyl (C=O) groups excluding carboxylic acids is 1. The SMILES string of the molecule is C#Cc1nn(CS(C)(=O)=O)c2cc(C(=O)N3CCCOCC3)ncc12. The van der Waals surface area contributed by atoms with Gasteiger partial charge in [-0.15, -0.1) is 6.42 Å². The molecule has 0 aliphatic carbocycles. The third-order valence-electron chi connectivity index (χ3n) is 3.86. The zero-order valence-electron chi connectivity index (χ0n) is 13.8. The van der Waals surface area contributed by atoms with E-state index < -0.39 is 9.84 Å². The summed E-state index contributed by atoms with van der Waals surface area (Å²) < 4.78 is 29.9. The molecule has 0 aromatic carbocycles. The quantitative estimate of drug-likeness (QED) is 0.728. The molecule has 0 unspecified atom stereocenters. The van der Waals surface area contributed by atoms with Crippen molar-refractivity contribution in [2.24, 2.45) is 0 Å². The van der Waals surface area contributed by atoms with Crippen LogP contribution in [0.2, 0.25) is 0 Å². The Balaban J connectivity index is 2.02. The van der Waals surface area contributed by atoms with Gasteiger partial charge in [-0.2, -0.15) is 5.10 Å². The molecule has 0 atom stereocenters. The summed E-state index contributed by atoms with van der Waals surface area (Å²) in [6, 6.07) is 1.54. The van der Waals surface area contributed by atoms with E-state index in [1.807, 2.05) is 0 Å². The van der Waals surface area contributed by atoms with Crippen molar-refractivity contribution in [3.8, 4) is 12.3 Å². The number of sulfone groups is 1. The van der Waals surface area contributed by atoms with Crippen LogP contribution in [-0.4, -0.2) is 66.5 Å². The molecule has 1 aliphatic heterocycles. The molecule has 1 aliphatic rings. The fraction of sp³-hybridized carbons (Fsp3) is 0.438. The molecule has 2 aromatic rings. The molecule has 1 saturated heterocycles. The maximum absolute atomic E-state index is 12.7. The number of pyridine rings is 1. The van der Waals surface area contributed by atoms with Gasteiger partial charge in [0, 0.05) is 32.1 Å². The van der Waals surface area contributed by atoms with E-state index in [0.717, 1.165) is 12.7 Å². The fourth-order valence-corrected chi connectivity index (χ4v) is 3.37. The van der Waals surface area contributed by atoms with E-state index in [0.29, 0.717) is 42.9 Å². The Labute approximate surface area is 145 Å². The number of aromatic nitrogens is 3. The first kappa shape index (κ1) is 17.4. The summed E-state index contributed by atoms with van der Waals surface area (Å²) in [5.41, 5.74) is 1.00. The highest BCUT2D eigenvalue weighted by atomic mass is 32.2. The summed E-state index contributed by atoms with van der Waals surface area (Å²) in [7, 11) is -3.32. The van der Waals surface area contributed by atoms with Gasteiger partial charge in [-0.3, -0.25) is 9.78 Å². The molecule has 25 heavy (non-hydrogen) atoms. The number of amides is 1. The Kier molecular flexibility index (Phi) is 4.74. The number of nitrogens with zero attached hydrogens (tertiary/aromatic N) is 4. The first-order chi connectivity index (χ1) is 11.9. The van der Waals surface area contributed by atoms with Crippen LogP contribution in [0.1, 0.15) is 22.6 Å². The summed E-state index contributed by atoms with van der Waals surface area (Å²) in [6.07, 6.45) is 8.78. The van der Waals surface area contributed by atoms with E-state index in [4.69, 9.17) is 11.2 Å². The van der Waals surface area contributed by atoms with Crippen LogP contribution in [0.4, 0.5) is 0 Å². The number of terminal acetylenes is 1. The average Bonchev–Trinajstić information content (AvgIpc) is 2.75. The van der Waals surface area contributed by atoms with Crippen LogP contribution >= 0.6 is 0 Å². The first-order valence-corrected chi connectivity index (χ1v) is 9.83. The molecule has 0 bridgehead atoms. The molecule has 3 heterocycles. The van der Waals surface area contributed by atoms with Gasteiger partial charge >= 0.3 is 0 Å². The van der Waals surface area contributed by atoms with E-state index in [1.54, 1.807) is 11.0 Å². The van der Waals surface area contributed by atoms with Gasteiger partial charge in [0.15, 0.2) is 9.84 Å². The lowest BCUT2D eigenvalue weighted by molar-refractivity contribution is 0.0735. The highest BCUT2D eigenvalue weighted by molar-refractivity contribution is 7.89. The standard InChI is InChI=1S/C16H18N4O4S/c1-3-13-12-10-17-14(16(21)19-5-4-7-24-8-6-19)9-15(12)20(18-13)11-25(2,22)23/h1,9-10H,4-8,11H2,2H3. The van der Waals surface area contributed by atoms with Gasteiger partial charge in [-0.05, 0) is 18.4 Å². The van der Waals surface area contributed by atoms with Crippen molar-refractivity contribution in [3.63, 3.8) is 0 Å². The fourth-order valence-electron chi connectivity index (χ4n) is 2.72. The van der Waals surface area contributed by atoms with Crippen molar-refractivity contribution in [2.45, 2.75) is 12.3 Å². The number of carbonyl (C=O) groups is 1. The van der Waals surface area contributed by atoms with Gasteiger partial charge in [0.1, 0.15) is 17.3 Å². The second kappa shape index (κ2) is 6.82.